The SMILES string of the molecule is CCN1CCC(NC(=O)CN(C)Cc2ccc(OC)cc2)CC1. The smallest absolute Gasteiger partial charge is 0.234 e. The molecule has 0 radical (unpaired) electrons. The van der Waals surface area contributed by atoms with Gasteiger partial charge in [-0.3, -0.25) is 9.69 Å². The Balaban J connectivity index is 1.71. The summed E-state index contributed by atoms with van der Waals surface area (Å²) in [6.45, 7) is 6.65. The van der Waals surface area contributed by atoms with Crippen LogP contribution in [0.25, 0.3) is 0 Å². The highest BCUT2D eigenvalue weighted by atomic mass is 16.5. The van der Waals surface area contributed by atoms with Crippen molar-refractivity contribution in [1.29, 1.82) is 0 Å². The molecule has 2 rings (SSSR count). The van der Waals surface area contributed by atoms with E-state index in [1.165, 1.54) is 5.56 Å². The van der Waals surface area contributed by atoms with E-state index in [0.717, 1.165) is 44.8 Å². The standard InChI is InChI=1S/C18H29N3O2/c1-4-21-11-9-16(10-12-21)19-18(22)14-20(2)13-15-5-7-17(23-3)8-6-15/h5-8,16H,4,9-14H2,1-3H3,(H,19,22). The van der Waals surface area contributed by atoms with Gasteiger partial charge in [-0.25, -0.2) is 0 Å². The number of benzene rings is 1. The second kappa shape index (κ2) is 8.89. The van der Waals surface area contributed by atoms with Gasteiger partial charge in [0.2, 0.25) is 5.91 Å². The second-order valence-corrected chi connectivity index (χ2v) is 6.30. The van der Waals surface area contributed by atoms with Crippen LogP contribution in [0.1, 0.15) is 25.3 Å². The van der Waals surface area contributed by atoms with Crippen molar-refractivity contribution in [2.45, 2.75) is 32.4 Å². The number of nitrogens with one attached hydrogen (secondary N) is 1. The number of carbonyl (C=O) groups excluding carboxylic acids is 1. The molecule has 0 bridgehead atoms. The third-order valence-electron chi connectivity index (χ3n) is 4.42. The lowest BCUT2D eigenvalue weighted by Gasteiger charge is -2.31. The number of likely N-dealkylation sites (tertiary alicyclic amines) is 1. The van der Waals surface area contributed by atoms with Crippen molar-refractivity contribution in [3.8, 4) is 5.75 Å². The first-order chi connectivity index (χ1) is 11.1. The van der Waals surface area contributed by atoms with E-state index in [0.29, 0.717) is 12.6 Å². The summed E-state index contributed by atoms with van der Waals surface area (Å²) in [5.41, 5.74) is 1.18. The van der Waals surface area contributed by atoms with Gasteiger partial charge in [0.05, 0.1) is 13.7 Å². The van der Waals surface area contributed by atoms with Crippen molar-refractivity contribution in [1.82, 2.24) is 15.1 Å². The quantitative estimate of drug-likeness (QED) is 0.831. The van der Waals surface area contributed by atoms with Gasteiger partial charge in [0.15, 0.2) is 0 Å². The Hall–Kier alpha value is -1.59. The van der Waals surface area contributed by atoms with Crippen LogP contribution in [-0.2, 0) is 11.3 Å². The minimum Gasteiger partial charge on any atom is -0.497 e. The fourth-order valence-electron chi connectivity index (χ4n) is 3.01. The Morgan fingerprint density at radius 1 is 1.30 bits per heavy atom. The van der Waals surface area contributed by atoms with Crippen molar-refractivity contribution in [3.63, 3.8) is 0 Å². The predicted molar refractivity (Wildman–Crippen MR) is 92.6 cm³/mol. The number of nitrogens with zero attached hydrogens (tertiary/aromatic N) is 2. The maximum absolute atomic E-state index is 12.2. The van der Waals surface area contributed by atoms with E-state index in [4.69, 9.17) is 4.74 Å². The van der Waals surface area contributed by atoms with Gasteiger partial charge in [0.25, 0.3) is 0 Å². The van der Waals surface area contributed by atoms with Crippen molar-refractivity contribution in [2.75, 3.05) is 40.3 Å². The van der Waals surface area contributed by atoms with Crippen molar-refractivity contribution < 1.29 is 9.53 Å². The predicted octanol–water partition coefficient (Wildman–Crippen LogP) is 1.73. The Bertz CT molecular complexity index is 482. The maximum atomic E-state index is 12.2. The van der Waals surface area contributed by atoms with Gasteiger partial charge < -0.3 is 15.0 Å². The van der Waals surface area contributed by atoms with Crippen molar-refractivity contribution >= 4 is 5.91 Å². The molecule has 1 amide bonds. The lowest BCUT2D eigenvalue weighted by Crippen LogP contribution is -2.46. The van der Waals surface area contributed by atoms with Crippen molar-refractivity contribution in [3.05, 3.63) is 29.8 Å². The van der Waals surface area contributed by atoms with Crippen LogP contribution in [0.2, 0.25) is 0 Å². The molecule has 5 heteroatoms. The van der Waals surface area contributed by atoms with Crippen LogP contribution in [0.5, 0.6) is 5.75 Å². The molecule has 0 aromatic heterocycles. The van der Waals surface area contributed by atoms with Gasteiger partial charge in [-0.1, -0.05) is 19.1 Å². The summed E-state index contributed by atoms with van der Waals surface area (Å²) in [7, 11) is 3.64. The molecule has 0 spiro atoms. The molecule has 1 aliphatic rings. The highest BCUT2D eigenvalue weighted by Crippen LogP contribution is 2.13. The Kier molecular flexibility index (Phi) is 6.86. The van der Waals surface area contributed by atoms with Gasteiger partial charge in [0.1, 0.15) is 5.75 Å². The number of piperidine rings is 1. The summed E-state index contributed by atoms with van der Waals surface area (Å²) in [5, 5.41) is 3.17. The zero-order valence-corrected chi connectivity index (χ0v) is 14.5. The van der Waals surface area contributed by atoms with E-state index >= 15 is 0 Å². The molecular weight excluding hydrogens is 290 g/mol. The molecular formula is C18H29N3O2. The molecule has 1 aliphatic heterocycles. The number of hydrogen-bond donors (Lipinski definition) is 1. The number of rotatable bonds is 7. The highest BCUT2D eigenvalue weighted by molar-refractivity contribution is 5.78. The monoisotopic (exact) mass is 319 g/mol. The minimum atomic E-state index is 0.121. The average Bonchev–Trinajstić information content (AvgIpc) is 2.56. The zero-order valence-electron chi connectivity index (χ0n) is 14.5. The summed E-state index contributed by atoms with van der Waals surface area (Å²) in [6.07, 6.45) is 2.11. The molecule has 1 N–H and O–H groups in total. The topological polar surface area (TPSA) is 44.8 Å². The fourth-order valence-corrected chi connectivity index (χ4v) is 3.01. The maximum Gasteiger partial charge on any atom is 0.234 e. The van der Waals surface area contributed by atoms with Crippen LogP contribution >= 0.6 is 0 Å². The van der Waals surface area contributed by atoms with E-state index in [-0.39, 0.29) is 5.91 Å². The van der Waals surface area contributed by atoms with Crippen molar-refractivity contribution in [2.24, 2.45) is 0 Å². The molecule has 5 nitrogen and oxygen atoms in total. The first-order valence-electron chi connectivity index (χ1n) is 8.44. The van der Waals surface area contributed by atoms with Gasteiger partial charge in [-0.05, 0) is 44.1 Å². The largest absolute Gasteiger partial charge is 0.497 e. The fraction of sp³-hybridized carbons (Fsp3) is 0.611. The number of ether oxygens (including phenoxy) is 1. The Morgan fingerprint density at radius 3 is 2.52 bits per heavy atom. The van der Waals surface area contributed by atoms with Crippen LogP contribution in [-0.4, -0.2) is 62.1 Å². The van der Waals surface area contributed by atoms with Gasteiger partial charge in [-0.2, -0.15) is 0 Å². The van der Waals surface area contributed by atoms with E-state index < -0.39 is 0 Å². The molecule has 1 aromatic rings. The molecule has 1 aromatic carbocycles. The van der Waals surface area contributed by atoms with Gasteiger partial charge in [0, 0.05) is 25.7 Å². The molecule has 0 aliphatic carbocycles. The van der Waals surface area contributed by atoms with Gasteiger partial charge >= 0.3 is 0 Å². The molecule has 1 heterocycles. The molecule has 0 saturated carbocycles. The minimum absolute atomic E-state index is 0.121. The van der Waals surface area contributed by atoms with Crippen LogP contribution in [0.3, 0.4) is 0 Å². The summed E-state index contributed by atoms with van der Waals surface area (Å²) < 4.78 is 5.16. The molecule has 0 unspecified atom stereocenters. The highest BCUT2D eigenvalue weighted by Gasteiger charge is 2.20. The molecule has 23 heavy (non-hydrogen) atoms. The molecule has 0 atom stereocenters. The summed E-state index contributed by atoms with van der Waals surface area (Å²) >= 11 is 0. The second-order valence-electron chi connectivity index (χ2n) is 6.30. The Labute approximate surface area is 139 Å². The molecule has 1 saturated heterocycles. The van der Waals surface area contributed by atoms with E-state index in [9.17, 15) is 4.79 Å². The Morgan fingerprint density at radius 2 is 1.96 bits per heavy atom. The first-order valence-corrected chi connectivity index (χ1v) is 8.44. The normalized spacial score (nSPS) is 16.5. The summed E-state index contributed by atoms with van der Waals surface area (Å²) in [6, 6.07) is 8.30. The zero-order chi connectivity index (χ0) is 16.7. The van der Waals surface area contributed by atoms with Crippen LogP contribution in [0.15, 0.2) is 24.3 Å². The van der Waals surface area contributed by atoms with Crippen LogP contribution in [0.4, 0.5) is 0 Å². The number of likely N-dealkylation sites (N-methyl/N-ethyl adjacent to an activating group) is 1. The summed E-state index contributed by atoms with van der Waals surface area (Å²) in [5.74, 6) is 0.975. The third kappa shape index (κ3) is 5.84. The number of amides is 1. The van der Waals surface area contributed by atoms with Crippen LogP contribution in [0, 0.1) is 0 Å². The molecule has 1 fully saturated rings. The van der Waals surface area contributed by atoms with E-state index in [1.807, 2.05) is 36.2 Å². The third-order valence-corrected chi connectivity index (χ3v) is 4.42. The van der Waals surface area contributed by atoms with Crippen LogP contribution < -0.4 is 10.1 Å². The molecule has 128 valence electrons. The first kappa shape index (κ1) is 17.8. The lowest BCUT2D eigenvalue weighted by molar-refractivity contribution is -0.123. The van der Waals surface area contributed by atoms with E-state index in [1.54, 1.807) is 7.11 Å². The summed E-state index contributed by atoms with van der Waals surface area (Å²) in [4.78, 5) is 16.6. The number of methoxy groups -OCH3 is 1. The number of hydrogen-bond acceptors (Lipinski definition) is 4. The lowest BCUT2D eigenvalue weighted by atomic mass is 10.1. The number of carbonyl (C=O) groups is 1. The van der Waals surface area contributed by atoms with E-state index in [2.05, 4.69) is 17.1 Å². The average molecular weight is 319 g/mol. The van der Waals surface area contributed by atoms with Gasteiger partial charge in [-0.15, -0.1) is 0 Å².